The van der Waals surface area contributed by atoms with Gasteiger partial charge in [0.15, 0.2) is 0 Å². The Bertz CT molecular complexity index is 618. The Hall–Kier alpha value is -1.78. The Kier molecular flexibility index (Phi) is 4.24. The molecule has 0 amide bonds. The highest BCUT2D eigenvalue weighted by molar-refractivity contribution is 7.11. The van der Waals surface area contributed by atoms with Crippen molar-refractivity contribution in [2.45, 2.75) is 0 Å². The zero-order valence-corrected chi connectivity index (χ0v) is 11.7. The van der Waals surface area contributed by atoms with Gasteiger partial charge in [0.1, 0.15) is 5.75 Å². The van der Waals surface area contributed by atoms with E-state index in [9.17, 15) is 9.90 Å². The van der Waals surface area contributed by atoms with Gasteiger partial charge in [0, 0.05) is 15.5 Å². The number of benzene rings is 1. The largest absolute Gasteiger partial charge is 0.496 e. The average Bonchev–Trinajstić information content (AvgIpc) is 2.89. The van der Waals surface area contributed by atoms with Crippen molar-refractivity contribution in [2.24, 2.45) is 0 Å². The van der Waals surface area contributed by atoms with Crippen LogP contribution in [-0.2, 0) is 4.79 Å². The molecule has 0 aliphatic heterocycles. The number of carbonyl (C=O) groups is 1. The number of methoxy groups -OCH3 is 1. The molecular formula is C14H11ClO3S. The molecule has 0 atom stereocenters. The average molecular weight is 295 g/mol. The highest BCUT2D eigenvalue weighted by Gasteiger charge is 2.13. The van der Waals surface area contributed by atoms with E-state index in [0.29, 0.717) is 21.2 Å². The quantitative estimate of drug-likeness (QED) is 0.866. The van der Waals surface area contributed by atoms with Crippen LogP contribution in [-0.4, -0.2) is 18.2 Å². The van der Waals surface area contributed by atoms with Crippen LogP contribution in [0.4, 0.5) is 0 Å². The minimum atomic E-state index is -0.982. The molecule has 0 unspecified atom stereocenters. The van der Waals surface area contributed by atoms with E-state index in [1.165, 1.54) is 18.4 Å². The Morgan fingerprint density at radius 1 is 1.42 bits per heavy atom. The van der Waals surface area contributed by atoms with Gasteiger partial charge in [0.25, 0.3) is 0 Å². The van der Waals surface area contributed by atoms with E-state index in [4.69, 9.17) is 16.3 Å². The summed E-state index contributed by atoms with van der Waals surface area (Å²) < 4.78 is 5.21. The summed E-state index contributed by atoms with van der Waals surface area (Å²) >= 11 is 7.31. The van der Waals surface area contributed by atoms with Crippen molar-refractivity contribution < 1.29 is 14.6 Å². The lowest BCUT2D eigenvalue weighted by molar-refractivity contribution is -0.130. The Morgan fingerprint density at radius 2 is 2.21 bits per heavy atom. The first-order valence-electron chi connectivity index (χ1n) is 5.44. The van der Waals surface area contributed by atoms with Gasteiger partial charge in [0.2, 0.25) is 0 Å². The topological polar surface area (TPSA) is 46.5 Å². The van der Waals surface area contributed by atoms with Gasteiger partial charge in [-0.1, -0.05) is 17.7 Å². The molecule has 0 aliphatic carbocycles. The molecule has 98 valence electrons. The summed E-state index contributed by atoms with van der Waals surface area (Å²) in [6, 6.07) is 8.66. The summed E-state index contributed by atoms with van der Waals surface area (Å²) in [5.41, 5.74) is 0.858. The van der Waals surface area contributed by atoms with Crippen LogP contribution in [0, 0.1) is 0 Å². The normalized spacial score (nSPS) is 11.4. The van der Waals surface area contributed by atoms with Gasteiger partial charge < -0.3 is 9.84 Å². The number of aliphatic carboxylic acids is 1. The maximum atomic E-state index is 11.4. The maximum absolute atomic E-state index is 11.4. The van der Waals surface area contributed by atoms with Crippen LogP contribution in [0.15, 0.2) is 35.7 Å². The first-order chi connectivity index (χ1) is 9.11. The van der Waals surface area contributed by atoms with E-state index in [1.807, 2.05) is 11.4 Å². The number of thiophene rings is 1. The fourth-order valence-corrected chi connectivity index (χ4v) is 2.56. The highest BCUT2D eigenvalue weighted by atomic mass is 35.5. The molecule has 1 heterocycles. The fourth-order valence-electron chi connectivity index (χ4n) is 1.64. The van der Waals surface area contributed by atoms with Crippen LogP contribution in [0.25, 0.3) is 11.6 Å². The van der Waals surface area contributed by atoms with Crippen molar-refractivity contribution in [2.75, 3.05) is 7.11 Å². The molecule has 2 rings (SSSR count). The van der Waals surface area contributed by atoms with E-state index in [-0.39, 0.29) is 5.57 Å². The highest BCUT2D eigenvalue weighted by Crippen LogP contribution is 2.29. The van der Waals surface area contributed by atoms with Crippen LogP contribution in [0.5, 0.6) is 5.75 Å². The lowest BCUT2D eigenvalue weighted by Gasteiger charge is -2.06. The lowest BCUT2D eigenvalue weighted by atomic mass is 10.1. The van der Waals surface area contributed by atoms with Gasteiger partial charge >= 0.3 is 5.97 Å². The number of hydrogen-bond donors (Lipinski definition) is 1. The third-order valence-electron chi connectivity index (χ3n) is 2.51. The molecule has 3 nitrogen and oxygen atoms in total. The van der Waals surface area contributed by atoms with Crippen molar-refractivity contribution in [3.8, 4) is 5.75 Å². The van der Waals surface area contributed by atoms with Crippen molar-refractivity contribution in [1.82, 2.24) is 0 Å². The molecule has 0 aliphatic rings. The van der Waals surface area contributed by atoms with Crippen LogP contribution >= 0.6 is 22.9 Å². The van der Waals surface area contributed by atoms with Crippen molar-refractivity contribution >= 4 is 40.6 Å². The second-order valence-corrected chi connectivity index (χ2v) is 5.11. The zero-order chi connectivity index (χ0) is 13.8. The number of carboxylic acid groups (broad SMARTS) is 1. The molecular weight excluding hydrogens is 284 g/mol. The third-order valence-corrected chi connectivity index (χ3v) is 3.65. The van der Waals surface area contributed by atoms with Gasteiger partial charge in [-0.05, 0) is 35.7 Å². The molecule has 5 heteroatoms. The molecule has 1 aromatic carbocycles. The van der Waals surface area contributed by atoms with Crippen molar-refractivity contribution in [3.05, 3.63) is 51.2 Å². The second-order valence-electron chi connectivity index (χ2n) is 3.73. The number of hydrogen-bond acceptors (Lipinski definition) is 3. The molecule has 0 fully saturated rings. The van der Waals surface area contributed by atoms with Gasteiger partial charge in [0.05, 0.1) is 12.7 Å². The van der Waals surface area contributed by atoms with Crippen molar-refractivity contribution in [1.29, 1.82) is 0 Å². The SMILES string of the molecule is COc1ccc(Cl)cc1/C=C(\C(=O)O)c1cccs1. The van der Waals surface area contributed by atoms with Crippen LogP contribution in [0.3, 0.4) is 0 Å². The molecule has 0 saturated heterocycles. The smallest absolute Gasteiger partial charge is 0.337 e. The Balaban J connectivity index is 2.53. The fraction of sp³-hybridized carbons (Fsp3) is 0.0714. The Morgan fingerprint density at radius 3 is 2.79 bits per heavy atom. The van der Waals surface area contributed by atoms with E-state index in [1.54, 1.807) is 30.3 Å². The van der Waals surface area contributed by atoms with E-state index >= 15 is 0 Å². The van der Waals surface area contributed by atoms with Crippen LogP contribution in [0.2, 0.25) is 5.02 Å². The minimum Gasteiger partial charge on any atom is -0.496 e. The monoisotopic (exact) mass is 294 g/mol. The predicted octanol–water partition coefficient (Wildman–Crippen LogP) is 4.04. The van der Waals surface area contributed by atoms with Gasteiger partial charge in [-0.15, -0.1) is 11.3 Å². The predicted molar refractivity (Wildman–Crippen MR) is 77.8 cm³/mol. The molecule has 0 spiro atoms. The van der Waals surface area contributed by atoms with Crippen LogP contribution < -0.4 is 4.74 Å². The standard InChI is InChI=1S/C14H11ClO3S/c1-18-12-5-4-10(15)7-9(12)8-11(14(16)17)13-3-2-6-19-13/h2-8H,1H3,(H,16,17)/b11-8-. The first-order valence-corrected chi connectivity index (χ1v) is 6.70. The third kappa shape index (κ3) is 3.16. The van der Waals surface area contributed by atoms with Gasteiger partial charge in [-0.3, -0.25) is 0 Å². The number of carboxylic acids is 1. The molecule has 2 aromatic rings. The van der Waals surface area contributed by atoms with Crippen LogP contribution in [0.1, 0.15) is 10.4 Å². The van der Waals surface area contributed by atoms with E-state index in [0.717, 1.165) is 0 Å². The summed E-state index contributed by atoms with van der Waals surface area (Å²) in [7, 11) is 1.53. The summed E-state index contributed by atoms with van der Waals surface area (Å²) in [6.07, 6.45) is 1.57. The van der Waals surface area contributed by atoms with Crippen molar-refractivity contribution in [3.63, 3.8) is 0 Å². The van der Waals surface area contributed by atoms with Gasteiger partial charge in [-0.25, -0.2) is 4.79 Å². The first kappa shape index (κ1) is 13.6. The summed E-state index contributed by atoms with van der Waals surface area (Å²) in [6.45, 7) is 0. The molecule has 19 heavy (non-hydrogen) atoms. The van der Waals surface area contributed by atoms with E-state index in [2.05, 4.69) is 0 Å². The maximum Gasteiger partial charge on any atom is 0.337 e. The molecule has 0 saturated carbocycles. The summed E-state index contributed by atoms with van der Waals surface area (Å²) in [5, 5.41) is 11.7. The minimum absolute atomic E-state index is 0.218. The summed E-state index contributed by atoms with van der Waals surface area (Å²) in [4.78, 5) is 12.0. The number of halogens is 1. The summed E-state index contributed by atoms with van der Waals surface area (Å²) in [5.74, 6) is -0.399. The molecule has 1 N–H and O–H groups in total. The number of rotatable bonds is 4. The van der Waals surface area contributed by atoms with E-state index < -0.39 is 5.97 Å². The second kappa shape index (κ2) is 5.91. The molecule has 0 bridgehead atoms. The zero-order valence-electron chi connectivity index (χ0n) is 10.1. The van der Waals surface area contributed by atoms with Gasteiger partial charge in [-0.2, -0.15) is 0 Å². The molecule has 1 aromatic heterocycles. The Labute approximate surface area is 119 Å². The molecule has 0 radical (unpaired) electrons. The number of ether oxygens (including phenoxy) is 1. The lowest BCUT2D eigenvalue weighted by Crippen LogP contribution is -1.98.